The highest BCUT2D eigenvalue weighted by atomic mass is 31.2. The molecule has 0 amide bonds. The first-order valence-corrected chi connectivity index (χ1v) is 13.9. The van der Waals surface area contributed by atoms with Gasteiger partial charge in [0, 0.05) is 5.30 Å². The van der Waals surface area contributed by atoms with Crippen LogP contribution >= 0.6 is 15.2 Å². The molecule has 0 bridgehead atoms. The molecule has 0 saturated carbocycles. The van der Waals surface area contributed by atoms with Crippen molar-refractivity contribution in [2.24, 2.45) is 0 Å². The minimum atomic E-state index is -1.74. The van der Waals surface area contributed by atoms with Gasteiger partial charge >= 0.3 is 0 Å². The van der Waals surface area contributed by atoms with Gasteiger partial charge in [0.2, 0.25) is 0 Å². The number of hydrogen-bond donors (Lipinski definition) is 0. The summed E-state index contributed by atoms with van der Waals surface area (Å²) >= 11 is 0. The van der Waals surface area contributed by atoms with Crippen LogP contribution in [-0.4, -0.2) is 12.8 Å². The van der Waals surface area contributed by atoms with Gasteiger partial charge < -0.3 is 0 Å². The molecule has 0 aliphatic carbocycles. The summed E-state index contributed by atoms with van der Waals surface area (Å²) in [5.74, 6) is 0. The maximum absolute atomic E-state index is 2.49. The molecule has 4 rings (SSSR count). The lowest BCUT2D eigenvalue weighted by Gasteiger charge is -2.28. The highest BCUT2D eigenvalue weighted by Gasteiger charge is 2.42. The zero-order valence-corrected chi connectivity index (χ0v) is 18.9. The van der Waals surface area contributed by atoms with E-state index in [4.69, 9.17) is 0 Å². The van der Waals surface area contributed by atoms with Crippen molar-refractivity contribution in [3.63, 3.8) is 0 Å². The molecule has 2 heteroatoms. The van der Waals surface area contributed by atoms with Crippen molar-refractivity contribution >= 4 is 41.7 Å². The lowest BCUT2D eigenvalue weighted by atomic mass is 10.3. The largest absolute Gasteiger partial charge is 0.112 e. The van der Waals surface area contributed by atoms with Gasteiger partial charge in [0.15, 0.2) is 0 Å². The Labute approximate surface area is 176 Å². The number of benzene rings is 4. The fraction of sp³-hybridized carbons (Fsp3) is 0.111. The Kier molecular flexibility index (Phi) is 6.25. The fourth-order valence-corrected chi connectivity index (χ4v) is 10.5. The van der Waals surface area contributed by atoms with Crippen molar-refractivity contribution in [1.29, 1.82) is 0 Å². The van der Waals surface area contributed by atoms with Gasteiger partial charge in [-0.15, -0.1) is 0 Å². The van der Waals surface area contributed by atoms with Crippen molar-refractivity contribution in [2.75, 3.05) is 12.8 Å². The van der Waals surface area contributed by atoms with Crippen LogP contribution < -0.4 is 26.5 Å². The molecule has 0 radical (unpaired) electrons. The Hall–Kier alpha value is -2.26. The van der Waals surface area contributed by atoms with Crippen LogP contribution in [0.5, 0.6) is 0 Å². The SMILES string of the molecule is CCP(c1ccccc1)c1ccccc1[P+](C)(c1ccccc1)c1ccccc1. The van der Waals surface area contributed by atoms with E-state index < -0.39 is 7.26 Å². The van der Waals surface area contributed by atoms with Gasteiger partial charge in [-0.05, 0) is 49.7 Å². The normalized spacial score (nSPS) is 12.5. The summed E-state index contributed by atoms with van der Waals surface area (Å²) in [5.41, 5.74) is 0. The molecule has 0 aliphatic heterocycles. The molecule has 0 saturated heterocycles. The zero-order valence-electron chi connectivity index (χ0n) is 17.1. The quantitative estimate of drug-likeness (QED) is 0.388. The molecule has 0 heterocycles. The second-order valence-electron chi connectivity index (χ2n) is 7.25. The predicted octanol–water partition coefficient (Wildman–Crippen LogP) is 5.06. The van der Waals surface area contributed by atoms with Crippen molar-refractivity contribution in [3.05, 3.63) is 115 Å². The second kappa shape index (κ2) is 9.04. The average molecular weight is 413 g/mol. The lowest BCUT2D eigenvalue weighted by Crippen LogP contribution is -2.38. The minimum absolute atomic E-state index is 0.387. The molecule has 4 aromatic carbocycles. The molecule has 4 aromatic rings. The Balaban J connectivity index is 1.96. The molecule has 0 spiro atoms. The summed E-state index contributed by atoms with van der Waals surface area (Å²) in [6, 6.07) is 42.5. The van der Waals surface area contributed by atoms with Crippen LogP contribution in [0.25, 0.3) is 0 Å². The molecule has 1 atom stereocenters. The number of rotatable bonds is 6. The first-order valence-electron chi connectivity index (χ1n) is 10.1. The van der Waals surface area contributed by atoms with Gasteiger partial charge in [-0.2, -0.15) is 0 Å². The van der Waals surface area contributed by atoms with Gasteiger partial charge in [-0.25, -0.2) is 0 Å². The number of hydrogen-bond acceptors (Lipinski definition) is 0. The summed E-state index contributed by atoms with van der Waals surface area (Å²) in [5, 5.41) is 7.40. The fourth-order valence-electron chi connectivity index (χ4n) is 4.05. The molecule has 1 unspecified atom stereocenters. The van der Waals surface area contributed by atoms with Gasteiger partial charge in [-0.3, -0.25) is 0 Å². The first-order chi connectivity index (χ1) is 14.2. The Bertz CT molecular complexity index is 1000. The minimum Gasteiger partial charge on any atom is -0.0622 e. The van der Waals surface area contributed by atoms with E-state index in [1.165, 1.54) is 26.5 Å². The molecular formula is C27H27P2+. The third-order valence-corrected chi connectivity index (χ3v) is 12.3. The van der Waals surface area contributed by atoms with Crippen LogP contribution in [0.3, 0.4) is 0 Å². The monoisotopic (exact) mass is 413 g/mol. The molecule has 0 fully saturated rings. The Morgan fingerprint density at radius 1 is 0.586 bits per heavy atom. The summed E-state index contributed by atoms with van der Waals surface area (Å²) in [6.45, 7) is 4.82. The van der Waals surface area contributed by atoms with Crippen LogP contribution in [-0.2, 0) is 0 Å². The first kappa shape index (κ1) is 20.0. The van der Waals surface area contributed by atoms with E-state index in [2.05, 4.69) is 129 Å². The maximum Gasteiger partial charge on any atom is 0.112 e. The van der Waals surface area contributed by atoms with E-state index >= 15 is 0 Å². The molecule has 29 heavy (non-hydrogen) atoms. The van der Waals surface area contributed by atoms with E-state index in [1.54, 1.807) is 0 Å². The molecular weight excluding hydrogens is 386 g/mol. The summed E-state index contributed by atoms with van der Waals surface area (Å²) < 4.78 is 0. The average Bonchev–Trinajstić information content (AvgIpc) is 2.81. The highest BCUT2D eigenvalue weighted by Crippen LogP contribution is 2.52. The third-order valence-electron chi connectivity index (χ3n) is 5.58. The highest BCUT2D eigenvalue weighted by molar-refractivity contribution is 7.96. The predicted molar refractivity (Wildman–Crippen MR) is 134 cm³/mol. The van der Waals surface area contributed by atoms with Crippen LogP contribution in [0.2, 0.25) is 0 Å². The van der Waals surface area contributed by atoms with Gasteiger partial charge in [0.05, 0.1) is 6.66 Å². The van der Waals surface area contributed by atoms with E-state index in [0.717, 1.165) is 6.16 Å². The summed E-state index contributed by atoms with van der Waals surface area (Å²) in [7, 11) is -2.12. The van der Waals surface area contributed by atoms with Crippen LogP contribution in [0.4, 0.5) is 0 Å². The Morgan fingerprint density at radius 3 is 1.55 bits per heavy atom. The molecule has 0 aromatic heterocycles. The van der Waals surface area contributed by atoms with Crippen molar-refractivity contribution in [1.82, 2.24) is 0 Å². The van der Waals surface area contributed by atoms with E-state index in [0.29, 0.717) is 0 Å². The van der Waals surface area contributed by atoms with Crippen molar-refractivity contribution in [3.8, 4) is 0 Å². The lowest BCUT2D eigenvalue weighted by molar-refractivity contribution is 1.51. The Morgan fingerprint density at radius 2 is 1.03 bits per heavy atom. The molecule has 0 N–H and O–H groups in total. The van der Waals surface area contributed by atoms with Crippen LogP contribution in [0, 0.1) is 0 Å². The van der Waals surface area contributed by atoms with E-state index in [1.807, 2.05) is 0 Å². The van der Waals surface area contributed by atoms with E-state index in [9.17, 15) is 0 Å². The van der Waals surface area contributed by atoms with Crippen LogP contribution in [0.15, 0.2) is 115 Å². The van der Waals surface area contributed by atoms with Crippen molar-refractivity contribution < 1.29 is 0 Å². The zero-order chi connectivity index (χ0) is 20.1. The van der Waals surface area contributed by atoms with Gasteiger partial charge in [0.25, 0.3) is 0 Å². The molecule has 0 nitrogen and oxygen atoms in total. The summed E-state index contributed by atoms with van der Waals surface area (Å²) in [4.78, 5) is 0. The van der Waals surface area contributed by atoms with Gasteiger partial charge in [-0.1, -0.05) is 91.9 Å². The molecule has 0 aliphatic rings. The van der Waals surface area contributed by atoms with E-state index in [-0.39, 0.29) is 7.92 Å². The van der Waals surface area contributed by atoms with Crippen molar-refractivity contribution in [2.45, 2.75) is 6.92 Å². The topological polar surface area (TPSA) is 0 Å². The maximum atomic E-state index is 2.49. The summed E-state index contributed by atoms with van der Waals surface area (Å²) in [6.07, 6.45) is 1.15. The standard InChI is InChI=1S/C27H27P2/c1-3-28(23-15-7-4-8-16-23)26-21-13-14-22-27(26)29(2,24-17-9-5-10-18-24)25-19-11-6-12-20-25/h4-22H,3H2,1-2H3/q+1. The second-order valence-corrected chi connectivity index (χ2v) is 13.3. The third kappa shape index (κ3) is 3.93. The molecule has 144 valence electrons. The van der Waals surface area contributed by atoms with Gasteiger partial charge in [0.1, 0.15) is 23.2 Å². The smallest absolute Gasteiger partial charge is 0.0622 e. The van der Waals surface area contributed by atoms with Crippen LogP contribution in [0.1, 0.15) is 6.92 Å².